The van der Waals surface area contributed by atoms with Crippen molar-refractivity contribution in [3.05, 3.63) is 51.2 Å². The molecule has 0 spiro atoms. The maximum absolute atomic E-state index is 10.9. The van der Waals surface area contributed by atoms with Gasteiger partial charge in [0.1, 0.15) is 0 Å². The Hall–Kier alpha value is -1.85. The normalized spacial score (nSPS) is 10.7. The highest BCUT2D eigenvalue weighted by Gasteiger charge is 2.08. The highest BCUT2D eigenvalue weighted by Crippen LogP contribution is 2.20. The third-order valence-electron chi connectivity index (χ3n) is 2.13. The van der Waals surface area contributed by atoms with Gasteiger partial charge < -0.3 is 5.11 Å². The van der Waals surface area contributed by atoms with Crippen LogP contribution in [0.25, 0.3) is 0 Å². The molecule has 0 unspecified atom stereocenters. The highest BCUT2D eigenvalue weighted by atomic mass is 35.5. The molecular weight excluding hydrogens is 272 g/mol. The van der Waals surface area contributed by atoms with Gasteiger partial charge in [0.15, 0.2) is 0 Å². The van der Waals surface area contributed by atoms with Crippen LogP contribution in [0.1, 0.15) is 15.2 Å². The zero-order chi connectivity index (χ0) is 13.0. The Balaban J connectivity index is 2.10. The molecule has 1 aromatic carbocycles. The standard InChI is InChI=1S/C12H9ClN2O2S/c13-11-4-3-8(6-10(11)12(16)17)15-14-7-9-2-1-5-18-9/h1-7,15H,(H,16,17)/b14-7+. The lowest BCUT2D eigenvalue weighted by Crippen LogP contribution is -1.99. The minimum Gasteiger partial charge on any atom is -0.478 e. The fourth-order valence-corrected chi connectivity index (χ4v) is 2.08. The number of hydrogen-bond donors (Lipinski definition) is 2. The number of aromatic carboxylic acids is 1. The Morgan fingerprint density at radius 2 is 2.28 bits per heavy atom. The minimum absolute atomic E-state index is 0.0491. The smallest absolute Gasteiger partial charge is 0.337 e. The number of anilines is 1. The number of carbonyl (C=O) groups is 1. The Kier molecular flexibility index (Phi) is 3.96. The largest absolute Gasteiger partial charge is 0.478 e. The number of hydrazone groups is 1. The molecule has 0 saturated heterocycles. The molecule has 2 N–H and O–H groups in total. The molecule has 0 saturated carbocycles. The van der Waals surface area contributed by atoms with Gasteiger partial charge in [-0.15, -0.1) is 11.3 Å². The van der Waals surface area contributed by atoms with Crippen LogP contribution in [-0.4, -0.2) is 17.3 Å². The van der Waals surface area contributed by atoms with E-state index < -0.39 is 5.97 Å². The van der Waals surface area contributed by atoms with Crippen molar-refractivity contribution in [2.24, 2.45) is 5.10 Å². The van der Waals surface area contributed by atoms with Crippen molar-refractivity contribution in [1.29, 1.82) is 0 Å². The molecule has 1 heterocycles. The minimum atomic E-state index is -1.06. The summed E-state index contributed by atoms with van der Waals surface area (Å²) >= 11 is 7.33. The molecule has 0 fully saturated rings. The number of halogens is 1. The van der Waals surface area contributed by atoms with E-state index in [-0.39, 0.29) is 10.6 Å². The highest BCUT2D eigenvalue weighted by molar-refractivity contribution is 7.11. The van der Waals surface area contributed by atoms with Gasteiger partial charge in [-0.3, -0.25) is 5.43 Å². The summed E-state index contributed by atoms with van der Waals surface area (Å²) in [7, 11) is 0. The lowest BCUT2D eigenvalue weighted by atomic mass is 10.2. The molecule has 0 radical (unpaired) electrons. The Morgan fingerprint density at radius 1 is 1.44 bits per heavy atom. The molecule has 0 aliphatic heterocycles. The maximum Gasteiger partial charge on any atom is 0.337 e. The van der Waals surface area contributed by atoms with Crippen molar-refractivity contribution in [3.8, 4) is 0 Å². The van der Waals surface area contributed by atoms with E-state index in [2.05, 4.69) is 10.5 Å². The van der Waals surface area contributed by atoms with E-state index in [0.29, 0.717) is 5.69 Å². The van der Waals surface area contributed by atoms with Crippen LogP contribution >= 0.6 is 22.9 Å². The molecule has 92 valence electrons. The Morgan fingerprint density at radius 3 is 2.94 bits per heavy atom. The summed E-state index contributed by atoms with van der Waals surface area (Å²) in [6, 6.07) is 8.49. The van der Waals surface area contributed by atoms with Gasteiger partial charge in [-0.25, -0.2) is 4.79 Å². The van der Waals surface area contributed by atoms with E-state index in [9.17, 15) is 4.79 Å². The van der Waals surface area contributed by atoms with Crippen molar-refractivity contribution < 1.29 is 9.90 Å². The molecule has 0 atom stereocenters. The average Bonchev–Trinajstić information content (AvgIpc) is 2.84. The second-order valence-corrected chi connectivity index (χ2v) is 4.77. The fourth-order valence-electron chi connectivity index (χ4n) is 1.29. The molecule has 4 nitrogen and oxygen atoms in total. The third-order valence-corrected chi connectivity index (χ3v) is 3.26. The van der Waals surface area contributed by atoms with Crippen molar-refractivity contribution in [2.75, 3.05) is 5.43 Å². The molecule has 0 aliphatic rings. The summed E-state index contributed by atoms with van der Waals surface area (Å²) in [6.45, 7) is 0. The topological polar surface area (TPSA) is 61.7 Å². The first-order valence-corrected chi connectivity index (χ1v) is 6.28. The Bertz CT molecular complexity index is 582. The van der Waals surface area contributed by atoms with E-state index in [4.69, 9.17) is 16.7 Å². The first-order valence-electron chi connectivity index (χ1n) is 5.02. The third kappa shape index (κ3) is 3.09. The molecule has 6 heteroatoms. The number of carboxylic acid groups (broad SMARTS) is 1. The first-order chi connectivity index (χ1) is 8.66. The Labute approximate surface area is 113 Å². The average molecular weight is 281 g/mol. The van der Waals surface area contributed by atoms with Crippen LogP contribution in [-0.2, 0) is 0 Å². The van der Waals surface area contributed by atoms with E-state index in [1.165, 1.54) is 12.1 Å². The monoisotopic (exact) mass is 280 g/mol. The molecule has 0 bridgehead atoms. The van der Waals surface area contributed by atoms with E-state index in [0.717, 1.165) is 4.88 Å². The van der Waals surface area contributed by atoms with Crippen molar-refractivity contribution >= 4 is 40.8 Å². The van der Waals surface area contributed by atoms with Crippen LogP contribution in [0.4, 0.5) is 5.69 Å². The van der Waals surface area contributed by atoms with Gasteiger partial charge in [0, 0.05) is 4.88 Å². The summed E-state index contributed by atoms with van der Waals surface area (Å²) in [5.74, 6) is -1.06. The summed E-state index contributed by atoms with van der Waals surface area (Å²) in [5, 5.41) is 15.1. The molecule has 2 aromatic rings. The molecular formula is C12H9ClN2O2S. The molecule has 0 aliphatic carbocycles. The second kappa shape index (κ2) is 5.66. The van der Waals surface area contributed by atoms with Crippen molar-refractivity contribution in [2.45, 2.75) is 0 Å². The maximum atomic E-state index is 10.9. The van der Waals surface area contributed by atoms with Crippen LogP contribution in [0.3, 0.4) is 0 Å². The van der Waals surface area contributed by atoms with E-state index in [1.807, 2.05) is 17.5 Å². The van der Waals surface area contributed by atoms with Gasteiger partial charge in [0.2, 0.25) is 0 Å². The number of carboxylic acids is 1. The van der Waals surface area contributed by atoms with E-state index >= 15 is 0 Å². The molecule has 2 rings (SSSR count). The summed E-state index contributed by atoms with van der Waals surface area (Å²) in [5.41, 5.74) is 3.38. The van der Waals surface area contributed by atoms with Crippen LogP contribution in [0.2, 0.25) is 5.02 Å². The SMILES string of the molecule is O=C(O)c1cc(N/N=C/c2cccs2)ccc1Cl. The van der Waals surface area contributed by atoms with Gasteiger partial charge >= 0.3 is 5.97 Å². The van der Waals surface area contributed by atoms with Gasteiger partial charge in [-0.1, -0.05) is 17.7 Å². The van der Waals surface area contributed by atoms with Crippen LogP contribution < -0.4 is 5.43 Å². The summed E-state index contributed by atoms with van der Waals surface area (Å²) < 4.78 is 0. The van der Waals surface area contributed by atoms with Crippen molar-refractivity contribution in [1.82, 2.24) is 0 Å². The van der Waals surface area contributed by atoms with Crippen LogP contribution in [0.15, 0.2) is 40.8 Å². The number of hydrogen-bond acceptors (Lipinski definition) is 4. The predicted molar refractivity (Wildman–Crippen MR) is 73.9 cm³/mol. The summed E-state index contributed by atoms with van der Waals surface area (Å²) in [6.07, 6.45) is 1.67. The first kappa shape index (κ1) is 12.6. The molecule has 18 heavy (non-hydrogen) atoms. The fraction of sp³-hybridized carbons (Fsp3) is 0. The van der Waals surface area contributed by atoms with Gasteiger partial charge in [-0.2, -0.15) is 5.10 Å². The number of nitrogens with one attached hydrogen (secondary N) is 1. The van der Waals surface area contributed by atoms with Gasteiger partial charge in [0.05, 0.1) is 22.5 Å². The van der Waals surface area contributed by atoms with Crippen molar-refractivity contribution in [3.63, 3.8) is 0 Å². The van der Waals surface area contributed by atoms with Gasteiger partial charge in [-0.05, 0) is 29.6 Å². The quantitative estimate of drug-likeness (QED) is 0.665. The second-order valence-electron chi connectivity index (χ2n) is 3.39. The van der Waals surface area contributed by atoms with Crippen LogP contribution in [0.5, 0.6) is 0 Å². The predicted octanol–water partition coefficient (Wildman–Crippen LogP) is 3.55. The van der Waals surface area contributed by atoms with Crippen LogP contribution in [0, 0.1) is 0 Å². The van der Waals surface area contributed by atoms with E-state index in [1.54, 1.807) is 23.6 Å². The number of rotatable bonds is 4. The summed E-state index contributed by atoms with van der Waals surface area (Å²) in [4.78, 5) is 11.9. The zero-order valence-corrected chi connectivity index (χ0v) is 10.7. The molecule has 1 aromatic heterocycles. The lowest BCUT2D eigenvalue weighted by molar-refractivity contribution is 0.0697. The number of benzene rings is 1. The number of thiophene rings is 1. The van der Waals surface area contributed by atoms with Gasteiger partial charge in [0.25, 0.3) is 0 Å². The lowest BCUT2D eigenvalue weighted by Gasteiger charge is -2.03. The molecule has 0 amide bonds. The number of nitrogens with zero attached hydrogens (tertiary/aromatic N) is 1. The zero-order valence-electron chi connectivity index (χ0n) is 9.13.